The van der Waals surface area contributed by atoms with Crippen LogP contribution in [0.3, 0.4) is 0 Å². The van der Waals surface area contributed by atoms with Crippen LogP contribution < -0.4 is 0 Å². The number of sulfonamides is 1. The van der Waals surface area contributed by atoms with Crippen molar-refractivity contribution in [1.82, 2.24) is 9.29 Å². The van der Waals surface area contributed by atoms with Gasteiger partial charge in [0, 0.05) is 18.7 Å². The van der Waals surface area contributed by atoms with E-state index >= 15 is 0 Å². The van der Waals surface area contributed by atoms with E-state index < -0.39 is 10.0 Å². The lowest BCUT2D eigenvalue weighted by atomic mass is 10.2. The molecule has 0 N–H and O–H groups in total. The first-order valence-electron chi connectivity index (χ1n) is 8.55. The number of fused-ring (bicyclic) bond motifs is 1. The Hall–Kier alpha value is -1.80. The Morgan fingerprint density at radius 2 is 1.69 bits per heavy atom. The molecule has 2 aromatic carbocycles. The van der Waals surface area contributed by atoms with Gasteiger partial charge in [-0.1, -0.05) is 24.3 Å². The number of aromatic nitrogens is 1. The Morgan fingerprint density at radius 1 is 1.04 bits per heavy atom. The molecule has 3 aromatic rings. The summed E-state index contributed by atoms with van der Waals surface area (Å²) in [5.74, 6) is 0. The minimum Gasteiger partial charge on any atom is -0.373 e. The zero-order valence-corrected chi connectivity index (χ0v) is 16.3. The molecule has 7 heteroatoms. The lowest BCUT2D eigenvalue weighted by Gasteiger charge is -2.34. The van der Waals surface area contributed by atoms with Crippen molar-refractivity contribution >= 4 is 31.6 Å². The molecule has 0 aliphatic carbocycles. The zero-order valence-electron chi connectivity index (χ0n) is 14.6. The van der Waals surface area contributed by atoms with Crippen molar-refractivity contribution in [2.45, 2.75) is 31.0 Å². The summed E-state index contributed by atoms with van der Waals surface area (Å²) in [5, 5.41) is 0.892. The van der Waals surface area contributed by atoms with Crippen LogP contribution in [-0.4, -0.2) is 43.0 Å². The highest BCUT2D eigenvalue weighted by atomic mass is 32.2. The first-order chi connectivity index (χ1) is 12.4. The number of rotatable bonds is 3. The Morgan fingerprint density at radius 3 is 2.35 bits per heavy atom. The molecule has 1 aliphatic rings. The molecular weight excluding hydrogens is 368 g/mol. The van der Waals surface area contributed by atoms with E-state index in [2.05, 4.69) is 4.98 Å². The molecule has 0 spiro atoms. The molecule has 1 aliphatic heterocycles. The summed E-state index contributed by atoms with van der Waals surface area (Å²) in [5.41, 5.74) is 1.88. The third-order valence-electron chi connectivity index (χ3n) is 4.42. The van der Waals surface area contributed by atoms with Gasteiger partial charge in [-0.25, -0.2) is 13.4 Å². The van der Waals surface area contributed by atoms with Gasteiger partial charge < -0.3 is 4.74 Å². The van der Waals surface area contributed by atoms with Crippen LogP contribution in [0.15, 0.2) is 53.4 Å². The molecular formula is C19H20N2O3S2. The molecule has 2 atom stereocenters. The van der Waals surface area contributed by atoms with Crippen LogP contribution in [-0.2, 0) is 14.8 Å². The number of para-hydroxylation sites is 1. The maximum absolute atomic E-state index is 12.9. The molecule has 5 nitrogen and oxygen atoms in total. The standard InChI is InChI=1S/C19H20N2O3S2/c1-13-11-21(12-14(2)24-13)26(22,23)16-9-7-15(8-10-16)19-20-17-5-3-4-6-18(17)25-19/h3-10,13-14H,11-12H2,1-2H3/t13-,14+. The molecule has 0 bridgehead atoms. The molecule has 1 fully saturated rings. The van der Waals surface area contributed by atoms with E-state index in [4.69, 9.17) is 4.74 Å². The number of ether oxygens (including phenoxy) is 1. The highest BCUT2D eigenvalue weighted by Crippen LogP contribution is 2.31. The summed E-state index contributed by atoms with van der Waals surface area (Å²) in [6.45, 7) is 4.56. The first-order valence-corrected chi connectivity index (χ1v) is 10.8. The van der Waals surface area contributed by atoms with E-state index in [0.717, 1.165) is 20.8 Å². The Kier molecular flexibility index (Phi) is 4.56. The number of hydrogen-bond donors (Lipinski definition) is 0. The molecule has 0 unspecified atom stereocenters. The minimum atomic E-state index is -3.52. The van der Waals surface area contributed by atoms with Crippen molar-refractivity contribution in [3.63, 3.8) is 0 Å². The third-order valence-corrected chi connectivity index (χ3v) is 7.35. The van der Waals surface area contributed by atoms with Crippen LogP contribution >= 0.6 is 11.3 Å². The van der Waals surface area contributed by atoms with Gasteiger partial charge in [-0.15, -0.1) is 11.3 Å². The Bertz CT molecular complexity index is 985. The number of morpholine rings is 1. The lowest BCUT2D eigenvalue weighted by Crippen LogP contribution is -2.48. The second-order valence-corrected chi connectivity index (χ2v) is 9.56. The average Bonchev–Trinajstić information content (AvgIpc) is 3.05. The summed E-state index contributed by atoms with van der Waals surface area (Å²) in [6.07, 6.45) is -0.203. The topological polar surface area (TPSA) is 59.5 Å². The normalized spacial score (nSPS) is 21.9. The van der Waals surface area contributed by atoms with Gasteiger partial charge in [0.15, 0.2) is 0 Å². The smallest absolute Gasteiger partial charge is 0.243 e. The SMILES string of the molecule is C[C@@H]1CN(S(=O)(=O)c2ccc(-c3nc4ccccc4s3)cc2)C[C@H](C)O1. The van der Waals surface area contributed by atoms with E-state index in [1.807, 2.05) is 50.2 Å². The van der Waals surface area contributed by atoms with Gasteiger partial charge >= 0.3 is 0 Å². The van der Waals surface area contributed by atoms with Gasteiger partial charge in [0.2, 0.25) is 10.0 Å². The highest BCUT2D eigenvalue weighted by molar-refractivity contribution is 7.89. The molecule has 136 valence electrons. The fraction of sp³-hybridized carbons (Fsp3) is 0.316. The Balaban J connectivity index is 1.62. The highest BCUT2D eigenvalue weighted by Gasteiger charge is 2.32. The van der Waals surface area contributed by atoms with Gasteiger partial charge in [-0.2, -0.15) is 4.31 Å². The summed E-state index contributed by atoms with van der Waals surface area (Å²) in [7, 11) is -3.52. The lowest BCUT2D eigenvalue weighted by molar-refractivity contribution is -0.0440. The molecule has 2 heterocycles. The predicted molar refractivity (Wildman–Crippen MR) is 104 cm³/mol. The Labute approximate surface area is 157 Å². The quantitative estimate of drug-likeness (QED) is 0.685. The maximum Gasteiger partial charge on any atom is 0.243 e. The number of thiazole rings is 1. The fourth-order valence-corrected chi connectivity index (χ4v) is 5.80. The van der Waals surface area contributed by atoms with Gasteiger partial charge in [0.25, 0.3) is 0 Å². The van der Waals surface area contributed by atoms with Crippen molar-refractivity contribution in [2.75, 3.05) is 13.1 Å². The van der Waals surface area contributed by atoms with E-state index in [9.17, 15) is 8.42 Å². The third kappa shape index (κ3) is 3.27. The van der Waals surface area contributed by atoms with E-state index in [1.54, 1.807) is 23.5 Å². The second kappa shape index (κ2) is 6.74. The molecule has 0 saturated carbocycles. The van der Waals surface area contributed by atoms with Crippen molar-refractivity contribution in [3.8, 4) is 10.6 Å². The molecule has 1 aromatic heterocycles. The van der Waals surface area contributed by atoms with Gasteiger partial charge in [0.05, 0.1) is 27.3 Å². The van der Waals surface area contributed by atoms with E-state index in [1.165, 1.54) is 4.31 Å². The maximum atomic E-state index is 12.9. The largest absolute Gasteiger partial charge is 0.373 e. The fourth-order valence-electron chi connectivity index (χ4n) is 3.24. The van der Waals surface area contributed by atoms with Crippen LogP contribution in [0.5, 0.6) is 0 Å². The predicted octanol–water partition coefficient (Wildman–Crippen LogP) is 3.76. The van der Waals surface area contributed by atoms with Gasteiger partial charge in [0.1, 0.15) is 5.01 Å². The average molecular weight is 389 g/mol. The second-order valence-electron chi connectivity index (χ2n) is 6.59. The van der Waals surface area contributed by atoms with E-state index in [-0.39, 0.29) is 12.2 Å². The van der Waals surface area contributed by atoms with Gasteiger partial charge in [-0.05, 0) is 38.1 Å². The molecule has 0 radical (unpaired) electrons. The summed E-state index contributed by atoms with van der Waals surface area (Å²) in [6, 6.07) is 15.0. The van der Waals surface area contributed by atoms with Crippen molar-refractivity contribution in [1.29, 1.82) is 0 Å². The van der Waals surface area contributed by atoms with Crippen LogP contribution in [0.1, 0.15) is 13.8 Å². The number of nitrogens with zero attached hydrogens (tertiary/aromatic N) is 2. The van der Waals surface area contributed by atoms with Crippen molar-refractivity contribution in [3.05, 3.63) is 48.5 Å². The van der Waals surface area contributed by atoms with Gasteiger partial charge in [-0.3, -0.25) is 0 Å². The zero-order chi connectivity index (χ0) is 18.3. The molecule has 4 rings (SSSR count). The number of hydrogen-bond acceptors (Lipinski definition) is 5. The van der Waals surface area contributed by atoms with Crippen molar-refractivity contribution in [2.24, 2.45) is 0 Å². The van der Waals surface area contributed by atoms with Crippen LogP contribution in [0, 0.1) is 0 Å². The summed E-state index contributed by atoms with van der Waals surface area (Å²) >= 11 is 1.60. The van der Waals surface area contributed by atoms with Crippen LogP contribution in [0.2, 0.25) is 0 Å². The van der Waals surface area contributed by atoms with Crippen LogP contribution in [0.4, 0.5) is 0 Å². The number of benzene rings is 2. The minimum absolute atomic E-state index is 0.101. The summed E-state index contributed by atoms with van der Waals surface area (Å²) in [4.78, 5) is 4.94. The summed E-state index contributed by atoms with van der Waals surface area (Å²) < 4.78 is 34.1. The van der Waals surface area contributed by atoms with Crippen LogP contribution in [0.25, 0.3) is 20.8 Å². The van der Waals surface area contributed by atoms with E-state index in [0.29, 0.717) is 18.0 Å². The van der Waals surface area contributed by atoms with Crippen molar-refractivity contribution < 1.29 is 13.2 Å². The monoisotopic (exact) mass is 388 g/mol. The first kappa shape index (κ1) is 17.6. The molecule has 0 amide bonds. The molecule has 1 saturated heterocycles. The molecule has 26 heavy (non-hydrogen) atoms.